The minimum Gasteiger partial charge on any atom is -0.372 e. The highest BCUT2D eigenvalue weighted by molar-refractivity contribution is 5.05. The molecule has 4 heteroatoms. The predicted octanol–water partition coefficient (Wildman–Crippen LogP) is 1.50. The normalized spacial score (nSPS) is 25.9. The van der Waals surface area contributed by atoms with Crippen LogP contribution in [0.15, 0.2) is 12.5 Å². The molecule has 1 aliphatic heterocycles. The van der Waals surface area contributed by atoms with E-state index in [-0.39, 0.29) is 6.10 Å². The molecule has 0 aliphatic carbocycles. The summed E-state index contributed by atoms with van der Waals surface area (Å²) in [7, 11) is 2.03. The van der Waals surface area contributed by atoms with Gasteiger partial charge in [-0.15, -0.1) is 0 Å². The van der Waals surface area contributed by atoms with Crippen LogP contribution in [0.3, 0.4) is 0 Å². The Labute approximate surface area is 97.0 Å². The molecule has 16 heavy (non-hydrogen) atoms. The number of aryl methyl sites for hydroxylation is 1. The molecule has 0 amide bonds. The van der Waals surface area contributed by atoms with Gasteiger partial charge in [0.2, 0.25) is 0 Å². The van der Waals surface area contributed by atoms with Gasteiger partial charge in [0.1, 0.15) is 6.10 Å². The summed E-state index contributed by atoms with van der Waals surface area (Å²) in [5.74, 6) is 0.573. The lowest BCUT2D eigenvalue weighted by Crippen LogP contribution is -2.32. The first-order valence-electron chi connectivity index (χ1n) is 6.11. The van der Waals surface area contributed by atoms with Crippen LogP contribution in [0.2, 0.25) is 0 Å². The summed E-state index contributed by atoms with van der Waals surface area (Å²) in [5, 5.41) is 3.42. The fourth-order valence-corrected chi connectivity index (χ4v) is 2.35. The third-order valence-electron chi connectivity index (χ3n) is 3.25. The van der Waals surface area contributed by atoms with Crippen molar-refractivity contribution in [2.45, 2.75) is 25.9 Å². The first-order chi connectivity index (χ1) is 7.83. The Morgan fingerprint density at radius 1 is 1.62 bits per heavy atom. The average Bonchev–Trinajstić information content (AvgIpc) is 2.73. The molecule has 4 nitrogen and oxygen atoms in total. The summed E-state index contributed by atoms with van der Waals surface area (Å²) >= 11 is 0. The molecule has 1 aliphatic rings. The standard InChI is InChI=1S/C12H21N3O/c1-3-13-7-10-5-4-6-16-12(10)11-8-14-9-15(11)2/h8-10,12-13H,3-7H2,1-2H3. The quantitative estimate of drug-likeness (QED) is 0.840. The number of nitrogens with one attached hydrogen (secondary N) is 1. The summed E-state index contributed by atoms with van der Waals surface area (Å²) in [5.41, 5.74) is 1.20. The van der Waals surface area contributed by atoms with Crippen LogP contribution in [0, 0.1) is 5.92 Å². The first kappa shape index (κ1) is 11.6. The zero-order valence-corrected chi connectivity index (χ0v) is 10.1. The largest absolute Gasteiger partial charge is 0.372 e. The van der Waals surface area contributed by atoms with Gasteiger partial charge >= 0.3 is 0 Å². The number of hydrogen-bond acceptors (Lipinski definition) is 3. The van der Waals surface area contributed by atoms with Crippen molar-refractivity contribution >= 4 is 0 Å². The Hall–Kier alpha value is -0.870. The fourth-order valence-electron chi connectivity index (χ4n) is 2.35. The minimum absolute atomic E-state index is 0.209. The second kappa shape index (κ2) is 5.46. The number of rotatable bonds is 4. The van der Waals surface area contributed by atoms with Gasteiger partial charge in [0.25, 0.3) is 0 Å². The summed E-state index contributed by atoms with van der Waals surface area (Å²) < 4.78 is 7.98. The average molecular weight is 223 g/mol. The lowest BCUT2D eigenvalue weighted by molar-refractivity contribution is -0.0316. The van der Waals surface area contributed by atoms with E-state index in [1.165, 1.54) is 18.5 Å². The van der Waals surface area contributed by atoms with Gasteiger partial charge in [0.05, 0.1) is 18.2 Å². The zero-order valence-electron chi connectivity index (χ0n) is 10.1. The van der Waals surface area contributed by atoms with Crippen LogP contribution >= 0.6 is 0 Å². The monoisotopic (exact) mass is 223 g/mol. The van der Waals surface area contributed by atoms with Gasteiger partial charge < -0.3 is 14.6 Å². The van der Waals surface area contributed by atoms with E-state index in [0.717, 1.165) is 19.7 Å². The second-order valence-electron chi connectivity index (χ2n) is 4.43. The number of ether oxygens (including phenoxy) is 1. The maximum absolute atomic E-state index is 5.91. The molecule has 0 bridgehead atoms. The topological polar surface area (TPSA) is 39.1 Å². The smallest absolute Gasteiger partial charge is 0.103 e. The van der Waals surface area contributed by atoms with Crippen LogP contribution in [0.25, 0.3) is 0 Å². The molecule has 1 fully saturated rings. The van der Waals surface area contributed by atoms with E-state index in [4.69, 9.17) is 4.74 Å². The molecule has 0 saturated carbocycles. The van der Waals surface area contributed by atoms with E-state index in [1.807, 2.05) is 19.6 Å². The van der Waals surface area contributed by atoms with Gasteiger partial charge in [0.15, 0.2) is 0 Å². The number of hydrogen-bond donors (Lipinski definition) is 1. The van der Waals surface area contributed by atoms with Crippen LogP contribution in [-0.4, -0.2) is 29.2 Å². The SMILES string of the molecule is CCNCC1CCCOC1c1cncn1C. The molecular weight excluding hydrogens is 202 g/mol. The van der Waals surface area contributed by atoms with Gasteiger partial charge in [-0.1, -0.05) is 6.92 Å². The Kier molecular flexibility index (Phi) is 3.96. The fraction of sp³-hybridized carbons (Fsp3) is 0.750. The molecular formula is C12H21N3O. The Morgan fingerprint density at radius 3 is 3.19 bits per heavy atom. The molecule has 0 radical (unpaired) electrons. The van der Waals surface area contributed by atoms with E-state index in [9.17, 15) is 0 Å². The number of nitrogens with zero attached hydrogens (tertiary/aromatic N) is 2. The maximum atomic E-state index is 5.91. The van der Waals surface area contributed by atoms with Crippen molar-refractivity contribution in [1.29, 1.82) is 0 Å². The molecule has 2 atom stereocenters. The Balaban J connectivity index is 2.07. The maximum Gasteiger partial charge on any atom is 0.103 e. The summed E-state index contributed by atoms with van der Waals surface area (Å²) in [6, 6.07) is 0. The Morgan fingerprint density at radius 2 is 2.50 bits per heavy atom. The summed E-state index contributed by atoms with van der Waals surface area (Å²) in [6.45, 7) is 5.07. The van der Waals surface area contributed by atoms with Crippen molar-refractivity contribution in [3.63, 3.8) is 0 Å². The van der Waals surface area contributed by atoms with Gasteiger partial charge in [-0.05, 0) is 19.4 Å². The molecule has 1 aromatic heterocycles. The van der Waals surface area contributed by atoms with Crippen molar-refractivity contribution < 1.29 is 4.74 Å². The second-order valence-corrected chi connectivity index (χ2v) is 4.43. The van der Waals surface area contributed by atoms with E-state index in [0.29, 0.717) is 5.92 Å². The van der Waals surface area contributed by atoms with E-state index >= 15 is 0 Å². The predicted molar refractivity (Wildman–Crippen MR) is 63.2 cm³/mol. The lowest BCUT2D eigenvalue weighted by Gasteiger charge is -2.32. The third kappa shape index (κ3) is 2.44. The van der Waals surface area contributed by atoms with Gasteiger partial charge in [-0.25, -0.2) is 4.98 Å². The van der Waals surface area contributed by atoms with Crippen molar-refractivity contribution in [1.82, 2.24) is 14.9 Å². The molecule has 1 saturated heterocycles. The van der Waals surface area contributed by atoms with Crippen LogP contribution in [0.5, 0.6) is 0 Å². The van der Waals surface area contributed by atoms with Crippen molar-refractivity contribution in [3.05, 3.63) is 18.2 Å². The van der Waals surface area contributed by atoms with E-state index in [2.05, 4.69) is 21.8 Å². The molecule has 2 heterocycles. The lowest BCUT2D eigenvalue weighted by atomic mass is 9.92. The molecule has 0 spiro atoms. The molecule has 90 valence electrons. The highest BCUT2D eigenvalue weighted by Crippen LogP contribution is 2.32. The molecule has 1 N–H and O–H groups in total. The van der Waals surface area contributed by atoms with Gasteiger partial charge in [-0.2, -0.15) is 0 Å². The highest BCUT2D eigenvalue weighted by atomic mass is 16.5. The van der Waals surface area contributed by atoms with Crippen LogP contribution in [0.1, 0.15) is 31.6 Å². The zero-order chi connectivity index (χ0) is 11.4. The van der Waals surface area contributed by atoms with Crippen LogP contribution in [0.4, 0.5) is 0 Å². The van der Waals surface area contributed by atoms with Gasteiger partial charge in [-0.3, -0.25) is 0 Å². The molecule has 1 aromatic rings. The minimum atomic E-state index is 0.209. The van der Waals surface area contributed by atoms with Crippen LogP contribution in [-0.2, 0) is 11.8 Å². The highest BCUT2D eigenvalue weighted by Gasteiger charge is 2.28. The number of imidazole rings is 1. The van der Waals surface area contributed by atoms with Crippen LogP contribution < -0.4 is 5.32 Å². The van der Waals surface area contributed by atoms with E-state index in [1.54, 1.807) is 0 Å². The van der Waals surface area contributed by atoms with E-state index < -0.39 is 0 Å². The Bertz CT molecular complexity index is 324. The van der Waals surface area contributed by atoms with Crippen molar-refractivity contribution in [3.8, 4) is 0 Å². The molecule has 2 rings (SSSR count). The van der Waals surface area contributed by atoms with Gasteiger partial charge in [0, 0.05) is 26.1 Å². The van der Waals surface area contributed by atoms with Crippen molar-refractivity contribution in [2.75, 3.05) is 19.7 Å². The molecule has 2 unspecified atom stereocenters. The molecule has 0 aromatic carbocycles. The first-order valence-corrected chi connectivity index (χ1v) is 6.11. The number of aromatic nitrogens is 2. The summed E-state index contributed by atoms with van der Waals surface area (Å²) in [4.78, 5) is 4.17. The van der Waals surface area contributed by atoms with Crippen molar-refractivity contribution in [2.24, 2.45) is 13.0 Å². The summed E-state index contributed by atoms with van der Waals surface area (Å²) in [6.07, 6.45) is 6.39. The third-order valence-corrected chi connectivity index (χ3v) is 3.25.